The number of hydrogen-bond donors (Lipinski definition) is 2. The fourth-order valence-corrected chi connectivity index (χ4v) is 2.92. The Morgan fingerprint density at radius 2 is 2.33 bits per heavy atom. The van der Waals surface area contributed by atoms with Crippen molar-refractivity contribution in [2.75, 3.05) is 6.54 Å². The summed E-state index contributed by atoms with van der Waals surface area (Å²) in [7, 11) is 0. The summed E-state index contributed by atoms with van der Waals surface area (Å²) in [5.41, 5.74) is 0.837. The highest BCUT2D eigenvalue weighted by Crippen LogP contribution is 2.29. The number of nitrogens with zero attached hydrogens (tertiary/aromatic N) is 2. The van der Waals surface area contributed by atoms with Gasteiger partial charge in [-0.3, -0.25) is 4.79 Å². The molecule has 0 radical (unpaired) electrons. The van der Waals surface area contributed by atoms with Crippen LogP contribution in [0.4, 0.5) is 0 Å². The molecule has 1 aromatic heterocycles. The Kier molecular flexibility index (Phi) is 3.90. The molecule has 5 nitrogen and oxygen atoms in total. The number of H-pyrrole nitrogens is 1. The Hall–Kier alpha value is -2.30. The van der Waals surface area contributed by atoms with Crippen LogP contribution in [0.15, 0.2) is 36.7 Å². The van der Waals surface area contributed by atoms with Crippen LogP contribution >= 0.6 is 0 Å². The number of carbonyl (C=O) groups excluding carboxylic acids is 1. The number of nitrogens with one attached hydrogen (secondary N) is 1. The number of hydrogen-bond acceptors (Lipinski definition) is 3. The molecule has 0 bridgehead atoms. The van der Waals surface area contributed by atoms with E-state index in [1.54, 1.807) is 30.6 Å². The summed E-state index contributed by atoms with van der Waals surface area (Å²) >= 11 is 0. The van der Waals surface area contributed by atoms with E-state index >= 15 is 0 Å². The second-order valence-electron chi connectivity index (χ2n) is 5.42. The van der Waals surface area contributed by atoms with Crippen molar-refractivity contribution in [2.24, 2.45) is 0 Å². The predicted octanol–water partition coefficient (Wildman–Crippen LogP) is 2.41. The zero-order chi connectivity index (χ0) is 14.7. The topological polar surface area (TPSA) is 69.2 Å². The van der Waals surface area contributed by atoms with E-state index in [4.69, 9.17) is 0 Å². The standard InChI is InChI=1S/C16H19N3O2/c20-13-5-3-4-12(10-13)11-15(21)19-9-2-1-6-14(19)16-17-7-8-18-16/h3-5,7-8,10,14,20H,1-2,6,9,11H2,(H,17,18). The van der Waals surface area contributed by atoms with Crippen LogP contribution in [0.2, 0.25) is 0 Å². The molecule has 0 saturated carbocycles. The van der Waals surface area contributed by atoms with E-state index in [1.165, 1.54) is 0 Å². The normalized spacial score (nSPS) is 18.7. The minimum Gasteiger partial charge on any atom is -0.508 e. The van der Waals surface area contributed by atoms with Crippen LogP contribution in [0.5, 0.6) is 5.75 Å². The van der Waals surface area contributed by atoms with Crippen LogP contribution < -0.4 is 0 Å². The average molecular weight is 285 g/mol. The SMILES string of the molecule is O=C(Cc1cccc(O)c1)N1CCCCC1c1ncc[nH]1. The van der Waals surface area contributed by atoms with Gasteiger partial charge < -0.3 is 15.0 Å². The predicted molar refractivity (Wildman–Crippen MR) is 78.7 cm³/mol. The van der Waals surface area contributed by atoms with Gasteiger partial charge in [0, 0.05) is 18.9 Å². The fourth-order valence-electron chi connectivity index (χ4n) is 2.92. The number of amides is 1. The smallest absolute Gasteiger partial charge is 0.227 e. The molecule has 1 aliphatic heterocycles. The van der Waals surface area contributed by atoms with E-state index in [0.29, 0.717) is 6.42 Å². The number of carbonyl (C=O) groups is 1. The second kappa shape index (κ2) is 5.99. The zero-order valence-electron chi connectivity index (χ0n) is 11.8. The van der Waals surface area contributed by atoms with Crippen molar-refractivity contribution in [2.45, 2.75) is 31.7 Å². The first-order valence-corrected chi connectivity index (χ1v) is 7.30. The number of likely N-dealkylation sites (tertiary alicyclic amines) is 1. The molecule has 1 aliphatic rings. The lowest BCUT2D eigenvalue weighted by molar-refractivity contribution is -0.134. The molecule has 2 aromatic rings. The first-order valence-electron chi connectivity index (χ1n) is 7.30. The fraction of sp³-hybridized carbons (Fsp3) is 0.375. The Labute approximate surface area is 123 Å². The largest absolute Gasteiger partial charge is 0.508 e. The van der Waals surface area contributed by atoms with Crippen molar-refractivity contribution < 1.29 is 9.90 Å². The Morgan fingerprint density at radius 1 is 1.43 bits per heavy atom. The molecule has 0 aliphatic carbocycles. The number of phenolic OH excluding ortho intramolecular Hbond substituents is 1. The van der Waals surface area contributed by atoms with Crippen LogP contribution in [-0.4, -0.2) is 32.4 Å². The van der Waals surface area contributed by atoms with E-state index in [-0.39, 0.29) is 17.7 Å². The molecule has 110 valence electrons. The van der Waals surface area contributed by atoms with Crippen LogP contribution in [0.1, 0.15) is 36.7 Å². The van der Waals surface area contributed by atoms with E-state index in [2.05, 4.69) is 9.97 Å². The number of aromatic nitrogens is 2. The number of aromatic hydroxyl groups is 1. The molecule has 2 N–H and O–H groups in total. The van der Waals surface area contributed by atoms with Gasteiger partial charge in [-0.15, -0.1) is 0 Å². The van der Waals surface area contributed by atoms with Gasteiger partial charge in [0.2, 0.25) is 5.91 Å². The molecule has 1 amide bonds. The van der Waals surface area contributed by atoms with Gasteiger partial charge in [0.1, 0.15) is 11.6 Å². The lowest BCUT2D eigenvalue weighted by Gasteiger charge is -2.34. The lowest BCUT2D eigenvalue weighted by atomic mass is 10.00. The van der Waals surface area contributed by atoms with Gasteiger partial charge in [0.05, 0.1) is 12.5 Å². The highest BCUT2D eigenvalue weighted by atomic mass is 16.3. The number of benzene rings is 1. The molecule has 5 heteroatoms. The summed E-state index contributed by atoms with van der Waals surface area (Å²) in [6, 6.07) is 6.92. The van der Waals surface area contributed by atoms with Crippen molar-refractivity contribution in [1.29, 1.82) is 0 Å². The van der Waals surface area contributed by atoms with E-state index in [0.717, 1.165) is 37.2 Å². The summed E-state index contributed by atoms with van der Waals surface area (Å²) < 4.78 is 0. The maximum atomic E-state index is 12.6. The molecule has 1 atom stereocenters. The Morgan fingerprint density at radius 3 is 3.10 bits per heavy atom. The number of imidazole rings is 1. The van der Waals surface area contributed by atoms with Crippen LogP contribution in [0, 0.1) is 0 Å². The van der Waals surface area contributed by atoms with E-state index in [1.807, 2.05) is 11.0 Å². The van der Waals surface area contributed by atoms with Crippen molar-refractivity contribution in [1.82, 2.24) is 14.9 Å². The summed E-state index contributed by atoms with van der Waals surface area (Å²) in [4.78, 5) is 21.9. The number of phenols is 1. The van der Waals surface area contributed by atoms with Gasteiger partial charge in [0.25, 0.3) is 0 Å². The number of aromatic amines is 1. The summed E-state index contributed by atoms with van der Waals surface area (Å²) in [6.07, 6.45) is 6.92. The first kappa shape index (κ1) is 13.7. The second-order valence-corrected chi connectivity index (χ2v) is 5.42. The molecule has 1 fully saturated rings. The summed E-state index contributed by atoms with van der Waals surface area (Å²) in [5.74, 6) is 1.14. The minimum atomic E-state index is 0.0403. The van der Waals surface area contributed by atoms with Crippen molar-refractivity contribution in [3.05, 3.63) is 48.0 Å². The molecular formula is C16H19N3O2. The Bertz CT molecular complexity index is 610. The molecule has 1 saturated heterocycles. The third kappa shape index (κ3) is 3.07. The van der Waals surface area contributed by atoms with Gasteiger partial charge in [-0.2, -0.15) is 0 Å². The Balaban J connectivity index is 1.75. The van der Waals surface area contributed by atoms with E-state index < -0.39 is 0 Å². The molecule has 0 spiro atoms. The van der Waals surface area contributed by atoms with Gasteiger partial charge in [-0.25, -0.2) is 4.98 Å². The molecule has 2 heterocycles. The van der Waals surface area contributed by atoms with Gasteiger partial charge >= 0.3 is 0 Å². The maximum Gasteiger partial charge on any atom is 0.227 e. The van der Waals surface area contributed by atoms with Gasteiger partial charge in [-0.05, 0) is 37.0 Å². The third-order valence-electron chi connectivity index (χ3n) is 3.92. The highest BCUT2D eigenvalue weighted by Gasteiger charge is 2.29. The van der Waals surface area contributed by atoms with Crippen LogP contribution in [-0.2, 0) is 11.2 Å². The first-order chi connectivity index (χ1) is 10.2. The van der Waals surface area contributed by atoms with Gasteiger partial charge in [0.15, 0.2) is 0 Å². The van der Waals surface area contributed by atoms with Crippen LogP contribution in [0.3, 0.4) is 0 Å². The van der Waals surface area contributed by atoms with Gasteiger partial charge in [-0.1, -0.05) is 12.1 Å². The summed E-state index contributed by atoms with van der Waals surface area (Å²) in [6.45, 7) is 0.767. The van der Waals surface area contributed by atoms with Crippen molar-refractivity contribution in [3.63, 3.8) is 0 Å². The number of rotatable bonds is 3. The molecule has 1 unspecified atom stereocenters. The van der Waals surface area contributed by atoms with Crippen molar-refractivity contribution in [3.8, 4) is 5.75 Å². The highest BCUT2D eigenvalue weighted by molar-refractivity contribution is 5.79. The van der Waals surface area contributed by atoms with Crippen molar-refractivity contribution >= 4 is 5.91 Å². The monoisotopic (exact) mass is 285 g/mol. The quantitative estimate of drug-likeness (QED) is 0.910. The molecule has 21 heavy (non-hydrogen) atoms. The summed E-state index contributed by atoms with van der Waals surface area (Å²) in [5, 5.41) is 9.50. The maximum absolute atomic E-state index is 12.6. The molecular weight excluding hydrogens is 266 g/mol. The molecule has 3 rings (SSSR count). The molecule has 1 aromatic carbocycles. The van der Waals surface area contributed by atoms with Crippen LogP contribution in [0.25, 0.3) is 0 Å². The van der Waals surface area contributed by atoms with E-state index in [9.17, 15) is 9.90 Å². The number of piperidine rings is 1. The average Bonchev–Trinajstić information content (AvgIpc) is 3.01. The minimum absolute atomic E-state index is 0.0403. The third-order valence-corrected chi connectivity index (χ3v) is 3.92. The lowest BCUT2D eigenvalue weighted by Crippen LogP contribution is -2.39. The zero-order valence-corrected chi connectivity index (χ0v) is 11.8.